The Morgan fingerprint density at radius 1 is 1.29 bits per heavy atom. The Hall–Kier alpha value is -2.37. The summed E-state index contributed by atoms with van der Waals surface area (Å²) < 4.78 is 26.9. The Morgan fingerprint density at radius 2 is 1.96 bits per heavy atom. The van der Waals surface area contributed by atoms with E-state index in [1.165, 1.54) is 10.4 Å². The summed E-state index contributed by atoms with van der Waals surface area (Å²) in [4.78, 5) is 30.1. The van der Waals surface area contributed by atoms with Crippen molar-refractivity contribution in [3.05, 3.63) is 40.2 Å². The van der Waals surface area contributed by atoms with E-state index in [4.69, 9.17) is 5.73 Å². The fourth-order valence-corrected chi connectivity index (χ4v) is 4.90. The molecule has 0 unspecified atom stereocenters. The second kappa shape index (κ2) is 9.22. The minimum atomic E-state index is -3.64. The van der Waals surface area contributed by atoms with Crippen LogP contribution in [0.2, 0.25) is 0 Å². The molecule has 0 saturated heterocycles. The number of carbonyl (C=O) groups excluding carboxylic acids is 1. The van der Waals surface area contributed by atoms with Gasteiger partial charge in [0.2, 0.25) is 15.9 Å². The minimum absolute atomic E-state index is 0.0294. The number of nitrogen functional groups attached to an aromatic ring is 1. The van der Waals surface area contributed by atoms with Crippen molar-refractivity contribution in [3.8, 4) is 0 Å². The van der Waals surface area contributed by atoms with Gasteiger partial charge in [-0.2, -0.15) is 4.31 Å². The van der Waals surface area contributed by atoms with Crippen molar-refractivity contribution in [2.45, 2.75) is 30.8 Å². The maximum atomic E-state index is 12.8. The molecule has 152 valence electrons. The Labute approximate surface area is 167 Å². The van der Waals surface area contributed by atoms with Gasteiger partial charge < -0.3 is 16.0 Å². The molecule has 0 saturated carbocycles. The molecule has 1 amide bonds. The lowest BCUT2D eigenvalue weighted by Gasteiger charge is -2.20. The van der Waals surface area contributed by atoms with Crippen LogP contribution in [-0.4, -0.2) is 47.4 Å². The number of amides is 1. The highest BCUT2D eigenvalue weighted by Crippen LogP contribution is 2.24. The smallest absolute Gasteiger partial charge is 0.253 e. The van der Waals surface area contributed by atoms with Gasteiger partial charge in [0.15, 0.2) is 5.16 Å². The number of hydrogen-bond acceptors (Lipinski definition) is 7. The van der Waals surface area contributed by atoms with Gasteiger partial charge in [0.1, 0.15) is 5.82 Å². The van der Waals surface area contributed by atoms with Gasteiger partial charge in [-0.25, -0.2) is 13.4 Å². The highest BCUT2D eigenvalue weighted by molar-refractivity contribution is 7.99. The summed E-state index contributed by atoms with van der Waals surface area (Å²) in [6, 6.07) is 5.89. The van der Waals surface area contributed by atoms with Gasteiger partial charge in [-0.05, 0) is 24.6 Å². The first kappa shape index (κ1) is 21.9. The van der Waals surface area contributed by atoms with E-state index in [0.29, 0.717) is 24.3 Å². The molecular formula is C17H23N5O4S2. The summed E-state index contributed by atoms with van der Waals surface area (Å²) >= 11 is 1.02. The number of aryl methyl sites for hydroxylation is 1. The van der Waals surface area contributed by atoms with E-state index in [0.717, 1.165) is 17.8 Å². The molecule has 4 N–H and O–H groups in total. The molecule has 0 atom stereocenters. The molecule has 1 heterocycles. The summed E-state index contributed by atoms with van der Waals surface area (Å²) in [5.41, 5.74) is 6.07. The first-order valence-corrected chi connectivity index (χ1v) is 11.0. The Balaban J connectivity index is 2.14. The largest absolute Gasteiger partial charge is 0.383 e. The van der Waals surface area contributed by atoms with Crippen LogP contribution in [0.4, 0.5) is 11.5 Å². The van der Waals surface area contributed by atoms with Crippen LogP contribution >= 0.6 is 11.8 Å². The van der Waals surface area contributed by atoms with Crippen LogP contribution < -0.4 is 16.6 Å². The predicted octanol–water partition coefficient (Wildman–Crippen LogP) is 1.42. The number of hydrogen-bond donors (Lipinski definition) is 3. The summed E-state index contributed by atoms with van der Waals surface area (Å²) in [6.45, 7) is 5.97. The van der Waals surface area contributed by atoms with E-state index in [2.05, 4.69) is 15.3 Å². The molecule has 2 aromatic rings. The van der Waals surface area contributed by atoms with E-state index in [1.54, 1.807) is 32.9 Å². The Kier molecular flexibility index (Phi) is 7.22. The Morgan fingerprint density at radius 3 is 2.57 bits per heavy atom. The van der Waals surface area contributed by atoms with Crippen LogP contribution in [0.15, 0.2) is 39.1 Å². The topological polar surface area (TPSA) is 138 Å². The van der Waals surface area contributed by atoms with Gasteiger partial charge in [-0.1, -0.05) is 31.7 Å². The number of nitrogens with one attached hydrogen (secondary N) is 2. The molecule has 0 aliphatic carbocycles. The van der Waals surface area contributed by atoms with Crippen LogP contribution in [-0.2, 0) is 14.8 Å². The van der Waals surface area contributed by atoms with Gasteiger partial charge in [-0.3, -0.25) is 9.59 Å². The lowest BCUT2D eigenvalue weighted by Crippen LogP contribution is -2.31. The summed E-state index contributed by atoms with van der Waals surface area (Å²) in [6.07, 6.45) is 0. The van der Waals surface area contributed by atoms with E-state index < -0.39 is 15.6 Å². The number of H-pyrrole nitrogens is 1. The first-order valence-electron chi connectivity index (χ1n) is 8.57. The maximum absolute atomic E-state index is 12.8. The van der Waals surface area contributed by atoms with E-state index in [-0.39, 0.29) is 27.5 Å². The normalized spacial score (nSPS) is 11.6. The molecule has 0 radical (unpaired) electrons. The summed E-state index contributed by atoms with van der Waals surface area (Å²) in [5.74, 6) is -0.333. The molecule has 0 fully saturated rings. The lowest BCUT2D eigenvalue weighted by atomic mass is 10.2. The van der Waals surface area contributed by atoms with Crippen molar-refractivity contribution in [1.29, 1.82) is 0 Å². The molecule has 9 nitrogen and oxygen atoms in total. The highest BCUT2D eigenvalue weighted by Gasteiger charge is 2.24. The number of anilines is 2. The first-order chi connectivity index (χ1) is 13.2. The number of nitrogens with zero attached hydrogens (tertiary/aromatic N) is 2. The SMILES string of the molecule is CCN(CC)S(=O)(=O)c1cc(NC(=O)CSc2nc(N)cc(=O)[nH]2)ccc1C. The molecule has 1 aromatic carbocycles. The van der Waals surface area contributed by atoms with E-state index >= 15 is 0 Å². The zero-order valence-electron chi connectivity index (χ0n) is 15.9. The molecule has 28 heavy (non-hydrogen) atoms. The molecule has 0 aliphatic heterocycles. The van der Waals surface area contributed by atoms with Gasteiger partial charge >= 0.3 is 0 Å². The van der Waals surface area contributed by atoms with Crippen molar-refractivity contribution in [2.24, 2.45) is 0 Å². The minimum Gasteiger partial charge on any atom is -0.383 e. The zero-order chi connectivity index (χ0) is 20.9. The second-order valence-corrected chi connectivity index (χ2v) is 8.75. The number of nitrogens with two attached hydrogens (primary N) is 1. The zero-order valence-corrected chi connectivity index (χ0v) is 17.5. The molecule has 0 spiro atoms. The van der Waals surface area contributed by atoms with Crippen LogP contribution in [0.3, 0.4) is 0 Å². The molecule has 1 aromatic heterocycles. The molecular weight excluding hydrogens is 402 g/mol. The van der Waals surface area contributed by atoms with E-state index in [1.807, 2.05) is 0 Å². The van der Waals surface area contributed by atoms with Crippen LogP contribution in [0.5, 0.6) is 0 Å². The van der Waals surface area contributed by atoms with Crippen LogP contribution in [0.1, 0.15) is 19.4 Å². The monoisotopic (exact) mass is 425 g/mol. The number of sulfonamides is 1. The van der Waals surface area contributed by atoms with Gasteiger partial charge in [-0.15, -0.1) is 0 Å². The molecule has 0 bridgehead atoms. The second-order valence-electron chi connectivity index (χ2n) is 5.88. The maximum Gasteiger partial charge on any atom is 0.253 e. The number of rotatable bonds is 8. The van der Waals surface area contributed by atoms with Gasteiger partial charge in [0, 0.05) is 24.8 Å². The third-order valence-corrected chi connectivity index (χ3v) is 6.94. The van der Waals surface area contributed by atoms with Crippen LogP contribution in [0, 0.1) is 6.92 Å². The summed E-state index contributed by atoms with van der Waals surface area (Å²) in [7, 11) is -3.64. The average Bonchev–Trinajstić information content (AvgIpc) is 2.61. The molecule has 0 aliphatic rings. The van der Waals surface area contributed by atoms with Crippen molar-refractivity contribution in [2.75, 3.05) is 29.9 Å². The van der Waals surface area contributed by atoms with Gasteiger partial charge in [0.05, 0.1) is 10.6 Å². The van der Waals surface area contributed by atoms with Crippen molar-refractivity contribution in [3.63, 3.8) is 0 Å². The van der Waals surface area contributed by atoms with Gasteiger partial charge in [0.25, 0.3) is 5.56 Å². The number of benzene rings is 1. The number of thioether (sulfide) groups is 1. The number of aromatic nitrogens is 2. The van der Waals surface area contributed by atoms with Crippen molar-refractivity contribution >= 4 is 39.2 Å². The third-order valence-electron chi connectivity index (χ3n) is 3.87. The van der Waals surface area contributed by atoms with Crippen LogP contribution in [0.25, 0.3) is 0 Å². The highest BCUT2D eigenvalue weighted by atomic mass is 32.2. The standard InChI is InChI=1S/C17H23N5O4S2/c1-4-22(5-2)28(25,26)13-8-12(7-6-11(13)3)19-16(24)10-27-17-20-14(18)9-15(23)21-17/h6-9H,4-5,10H2,1-3H3,(H,19,24)(H3,18,20,21,23). The average molecular weight is 426 g/mol. The molecule has 2 rings (SSSR count). The van der Waals surface area contributed by atoms with Crippen molar-refractivity contribution in [1.82, 2.24) is 14.3 Å². The molecule has 11 heteroatoms. The predicted molar refractivity (Wildman–Crippen MR) is 110 cm³/mol. The fourth-order valence-electron chi connectivity index (χ4n) is 2.51. The van der Waals surface area contributed by atoms with Crippen molar-refractivity contribution < 1.29 is 13.2 Å². The van der Waals surface area contributed by atoms with E-state index in [9.17, 15) is 18.0 Å². The number of carbonyl (C=O) groups is 1. The third kappa shape index (κ3) is 5.33. The Bertz CT molecular complexity index is 1020. The lowest BCUT2D eigenvalue weighted by molar-refractivity contribution is -0.113. The fraction of sp³-hybridized carbons (Fsp3) is 0.353. The number of aromatic amines is 1. The summed E-state index contributed by atoms with van der Waals surface area (Å²) in [5, 5.41) is 2.89. The quantitative estimate of drug-likeness (QED) is 0.429.